The van der Waals surface area contributed by atoms with Gasteiger partial charge in [0.25, 0.3) is 0 Å². The molecule has 1 aromatic rings. The van der Waals surface area contributed by atoms with E-state index in [4.69, 9.17) is 0 Å². The van der Waals surface area contributed by atoms with Gasteiger partial charge >= 0.3 is 5.97 Å². The minimum Gasteiger partial charge on any atom is -0.463 e. The normalized spacial score (nSPS) is 8.53. The molecule has 4 nitrogen and oxygen atoms in total. The monoisotopic (exact) mass is 209 g/mol. The van der Waals surface area contributed by atoms with Crippen molar-refractivity contribution in [1.29, 1.82) is 0 Å². The number of hydrogen-bond acceptors (Lipinski definition) is 4. The van der Waals surface area contributed by atoms with Gasteiger partial charge < -0.3 is 4.74 Å². The number of methoxy groups -OCH3 is 1. The Morgan fingerprint density at radius 2 is 1.87 bits per heavy atom. The molecule has 0 aromatic carbocycles. The topological polar surface area (TPSA) is 56.3 Å². The van der Waals surface area contributed by atoms with E-state index < -0.39 is 11.8 Å². The SMILES string of the molecule is COC(=O)C(C)=O.Cc1ccc(C)nc1. The number of esters is 1. The fourth-order valence-corrected chi connectivity index (χ4v) is 0.685. The summed E-state index contributed by atoms with van der Waals surface area (Å²) in [4.78, 5) is 23.9. The Morgan fingerprint density at radius 1 is 1.27 bits per heavy atom. The molecule has 0 saturated heterocycles. The molecule has 0 atom stereocenters. The van der Waals surface area contributed by atoms with Crippen molar-refractivity contribution in [2.75, 3.05) is 7.11 Å². The van der Waals surface area contributed by atoms with Crippen LogP contribution >= 0.6 is 0 Å². The van der Waals surface area contributed by atoms with Crippen LogP contribution in [0.3, 0.4) is 0 Å². The Bertz CT molecular complexity index is 309. The second kappa shape index (κ2) is 6.70. The summed E-state index contributed by atoms with van der Waals surface area (Å²) in [5.74, 6) is -1.36. The quantitative estimate of drug-likeness (QED) is 0.519. The average molecular weight is 209 g/mol. The molecule has 1 aromatic heterocycles. The maximum absolute atomic E-state index is 9.94. The van der Waals surface area contributed by atoms with E-state index in [0.717, 1.165) is 12.6 Å². The number of pyridine rings is 1. The molecule has 82 valence electrons. The smallest absolute Gasteiger partial charge is 0.374 e. The molecular weight excluding hydrogens is 194 g/mol. The fraction of sp³-hybridized carbons (Fsp3) is 0.364. The number of ketones is 1. The fourth-order valence-electron chi connectivity index (χ4n) is 0.685. The molecule has 0 radical (unpaired) electrons. The molecule has 0 saturated carbocycles. The number of Topliss-reactive ketones (excluding diaryl/α,β-unsaturated/α-hetero) is 1. The van der Waals surface area contributed by atoms with Gasteiger partial charge in [0.15, 0.2) is 0 Å². The molecule has 0 aliphatic rings. The van der Waals surface area contributed by atoms with Crippen LogP contribution in [0.2, 0.25) is 0 Å². The zero-order valence-electron chi connectivity index (χ0n) is 9.40. The number of carbonyl (C=O) groups excluding carboxylic acids is 2. The molecule has 0 N–H and O–H groups in total. The van der Waals surface area contributed by atoms with E-state index in [9.17, 15) is 9.59 Å². The highest BCUT2D eigenvalue weighted by Crippen LogP contribution is 1.94. The summed E-state index contributed by atoms with van der Waals surface area (Å²) >= 11 is 0. The molecule has 1 heterocycles. The second-order valence-electron chi connectivity index (χ2n) is 3.02. The molecular formula is C11H15NO3. The highest BCUT2D eigenvalue weighted by molar-refractivity contribution is 6.32. The van der Waals surface area contributed by atoms with E-state index >= 15 is 0 Å². The van der Waals surface area contributed by atoms with Crippen molar-refractivity contribution < 1.29 is 14.3 Å². The standard InChI is InChI=1S/C7H9N.C4H6O3/c1-6-3-4-7(2)8-5-6;1-3(5)4(6)7-2/h3-5H,1-2H3;1-2H3. The lowest BCUT2D eigenvalue weighted by Crippen LogP contribution is -2.10. The molecule has 0 aliphatic carbocycles. The van der Waals surface area contributed by atoms with Gasteiger partial charge in [0.05, 0.1) is 7.11 Å². The highest BCUT2D eigenvalue weighted by atomic mass is 16.5. The zero-order chi connectivity index (χ0) is 11.8. The van der Waals surface area contributed by atoms with Gasteiger partial charge in [-0.2, -0.15) is 0 Å². The van der Waals surface area contributed by atoms with Crippen LogP contribution in [0.25, 0.3) is 0 Å². The molecule has 1 rings (SSSR count). The van der Waals surface area contributed by atoms with Gasteiger partial charge in [-0.15, -0.1) is 0 Å². The molecule has 0 bridgehead atoms. The first-order chi connectivity index (χ1) is 6.97. The molecule has 15 heavy (non-hydrogen) atoms. The first kappa shape index (κ1) is 13.3. The van der Waals surface area contributed by atoms with Crippen LogP contribution in [0.5, 0.6) is 0 Å². The van der Waals surface area contributed by atoms with Gasteiger partial charge in [0, 0.05) is 18.8 Å². The summed E-state index contributed by atoms with van der Waals surface area (Å²) < 4.78 is 4.02. The Kier molecular flexibility index (Phi) is 5.94. The van der Waals surface area contributed by atoms with Crippen LogP contribution in [-0.4, -0.2) is 23.8 Å². The highest BCUT2D eigenvalue weighted by Gasteiger charge is 2.03. The molecule has 0 spiro atoms. The van der Waals surface area contributed by atoms with Crippen LogP contribution in [0.1, 0.15) is 18.2 Å². The van der Waals surface area contributed by atoms with Crippen LogP contribution < -0.4 is 0 Å². The number of aromatic nitrogens is 1. The van der Waals surface area contributed by atoms with Gasteiger partial charge in [0.2, 0.25) is 5.78 Å². The summed E-state index contributed by atoms with van der Waals surface area (Å²) in [6.45, 7) is 5.18. The van der Waals surface area contributed by atoms with Crippen molar-refractivity contribution in [1.82, 2.24) is 4.98 Å². The Balaban J connectivity index is 0.000000265. The molecule has 4 heteroatoms. The number of hydrogen-bond donors (Lipinski definition) is 0. The molecule has 0 unspecified atom stereocenters. The second-order valence-corrected chi connectivity index (χ2v) is 3.02. The van der Waals surface area contributed by atoms with E-state index in [0.29, 0.717) is 0 Å². The number of ether oxygens (including phenoxy) is 1. The number of nitrogens with zero attached hydrogens (tertiary/aromatic N) is 1. The first-order valence-corrected chi connectivity index (χ1v) is 4.45. The lowest BCUT2D eigenvalue weighted by atomic mass is 10.3. The first-order valence-electron chi connectivity index (χ1n) is 4.45. The van der Waals surface area contributed by atoms with Crippen LogP contribution in [-0.2, 0) is 14.3 Å². The minimum atomic E-state index is -0.792. The Hall–Kier alpha value is -1.71. The van der Waals surface area contributed by atoms with E-state index in [1.165, 1.54) is 12.7 Å². The largest absolute Gasteiger partial charge is 0.463 e. The Labute approximate surface area is 89.3 Å². The summed E-state index contributed by atoms with van der Waals surface area (Å²) in [6, 6.07) is 4.07. The van der Waals surface area contributed by atoms with Crippen LogP contribution in [0, 0.1) is 13.8 Å². The molecule has 0 amide bonds. The van der Waals surface area contributed by atoms with Crippen molar-refractivity contribution in [3.05, 3.63) is 29.6 Å². The third-order valence-electron chi connectivity index (χ3n) is 1.53. The average Bonchev–Trinajstić information content (AvgIpc) is 2.22. The molecule has 0 fully saturated rings. The summed E-state index contributed by atoms with van der Waals surface area (Å²) in [6.07, 6.45) is 1.87. The van der Waals surface area contributed by atoms with E-state index in [2.05, 4.69) is 15.8 Å². The van der Waals surface area contributed by atoms with Crippen molar-refractivity contribution in [3.8, 4) is 0 Å². The van der Waals surface area contributed by atoms with E-state index in [1.54, 1.807) is 0 Å². The summed E-state index contributed by atoms with van der Waals surface area (Å²) in [5, 5.41) is 0. The maximum Gasteiger partial charge on any atom is 0.374 e. The Morgan fingerprint density at radius 3 is 2.07 bits per heavy atom. The third kappa shape index (κ3) is 6.37. The predicted octanol–water partition coefficient (Wildman–Crippen LogP) is 1.45. The third-order valence-corrected chi connectivity index (χ3v) is 1.53. The lowest BCUT2D eigenvalue weighted by molar-refractivity contribution is -0.150. The zero-order valence-corrected chi connectivity index (χ0v) is 9.40. The number of rotatable bonds is 1. The van der Waals surface area contributed by atoms with Gasteiger partial charge in [-0.1, -0.05) is 6.07 Å². The van der Waals surface area contributed by atoms with Crippen molar-refractivity contribution >= 4 is 11.8 Å². The van der Waals surface area contributed by atoms with Gasteiger partial charge in [-0.25, -0.2) is 4.79 Å². The number of aryl methyl sites for hydroxylation is 2. The van der Waals surface area contributed by atoms with Crippen LogP contribution in [0.4, 0.5) is 0 Å². The van der Waals surface area contributed by atoms with E-state index in [1.807, 2.05) is 26.1 Å². The van der Waals surface area contributed by atoms with Crippen molar-refractivity contribution in [2.45, 2.75) is 20.8 Å². The summed E-state index contributed by atoms with van der Waals surface area (Å²) in [5.41, 5.74) is 2.30. The molecule has 0 aliphatic heterocycles. The predicted molar refractivity (Wildman–Crippen MR) is 56.4 cm³/mol. The van der Waals surface area contributed by atoms with E-state index in [-0.39, 0.29) is 0 Å². The maximum atomic E-state index is 9.94. The summed E-state index contributed by atoms with van der Waals surface area (Å²) in [7, 11) is 1.17. The lowest BCUT2D eigenvalue weighted by Gasteiger charge is -1.89. The van der Waals surface area contributed by atoms with Crippen molar-refractivity contribution in [3.63, 3.8) is 0 Å². The van der Waals surface area contributed by atoms with Gasteiger partial charge in [0.1, 0.15) is 0 Å². The van der Waals surface area contributed by atoms with Crippen molar-refractivity contribution in [2.24, 2.45) is 0 Å². The van der Waals surface area contributed by atoms with Gasteiger partial charge in [-0.3, -0.25) is 9.78 Å². The van der Waals surface area contributed by atoms with Gasteiger partial charge in [-0.05, 0) is 25.5 Å². The number of carbonyl (C=O) groups is 2. The minimum absolute atomic E-state index is 0.567. The van der Waals surface area contributed by atoms with Crippen LogP contribution in [0.15, 0.2) is 18.3 Å².